The van der Waals surface area contributed by atoms with Crippen molar-refractivity contribution in [3.05, 3.63) is 77.4 Å². The Kier molecular flexibility index (Phi) is 13.2. The normalized spacial score (nSPS) is 12.3. The molecule has 0 radical (unpaired) electrons. The molecule has 4 N–H and O–H groups in total. The first kappa shape index (κ1) is 32.8. The number of amides is 2. The van der Waals surface area contributed by atoms with Gasteiger partial charge < -0.3 is 30.7 Å². The van der Waals surface area contributed by atoms with Crippen LogP contribution in [-0.4, -0.2) is 49.6 Å². The third-order valence-corrected chi connectivity index (χ3v) is 5.80. The number of hydrogen-bond acceptors (Lipinski definition) is 6. The number of alkyl carbamates (subject to hydrolysis) is 2. The van der Waals surface area contributed by atoms with Gasteiger partial charge in [0.05, 0.1) is 0 Å². The predicted molar refractivity (Wildman–Crippen MR) is 162 cm³/mol. The highest BCUT2D eigenvalue weighted by molar-refractivity contribution is 5.68. The van der Waals surface area contributed by atoms with E-state index in [4.69, 9.17) is 9.47 Å². The van der Waals surface area contributed by atoms with Crippen molar-refractivity contribution >= 4 is 18.3 Å². The van der Waals surface area contributed by atoms with Crippen LogP contribution >= 0.6 is 0 Å². The van der Waals surface area contributed by atoms with Crippen LogP contribution < -0.4 is 21.3 Å². The summed E-state index contributed by atoms with van der Waals surface area (Å²) in [7, 11) is 0. The molecule has 2 amide bonds. The number of ether oxygens (including phenoxy) is 2. The molecule has 0 heterocycles. The van der Waals surface area contributed by atoms with E-state index in [-0.39, 0.29) is 6.04 Å². The zero-order chi connectivity index (χ0) is 29.6. The van der Waals surface area contributed by atoms with Gasteiger partial charge in [-0.2, -0.15) is 0 Å². The van der Waals surface area contributed by atoms with Gasteiger partial charge in [-0.25, -0.2) is 9.59 Å². The van der Waals surface area contributed by atoms with E-state index in [0.29, 0.717) is 32.7 Å². The Morgan fingerprint density at radius 1 is 0.775 bits per heavy atom. The lowest BCUT2D eigenvalue weighted by Crippen LogP contribution is -2.37. The fourth-order valence-electron chi connectivity index (χ4n) is 3.91. The SMILES string of the molecule is C=Cc1ccc(CCC(NCCNC(=O)OC(C)(C)C)c2ccc(CNCCNC(=O)OC(C)(C)C)cc2)cc1. The Morgan fingerprint density at radius 3 is 1.82 bits per heavy atom. The van der Waals surface area contributed by atoms with Crippen molar-refractivity contribution in [3.8, 4) is 0 Å². The lowest BCUT2D eigenvalue weighted by atomic mass is 9.97. The maximum Gasteiger partial charge on any atom is 0.407 e. The minimum absolute atomic E-state index is 0.125. The zero-order valence-corrected chi connectivity index (χ0v) is 25.1. The first-order valence-electron chi connectivity index (χ1n) is 14.0. The summed E-state index contributed by atoms with van der Waals surface area (Å²) in [6.45, 7) is 17.8. The molecule has 220 valence electrons. The van der Waals surface area contributed by atoms with E-state index >= 15 is 0 Å². The summed E-state index contributed by atoms with van der Waals surface area (Å²) in [6.07, 6.45) is 2.86. The fourth-order valence-corrected chi connectivity index (χ4v) is 3.91. The summed E-state index contributed by atoms with van der Waals surface area (Å²) in [5, 5.41) is 12.5. The molecule has 1 unspecified atom stereocenters. The number of aryl methyl sites for hydroxylation is 1. The topological polar surface area (TPSA) is 101 Å². The molecule has 8 heteroatoms. The van der Waals surface area contributed by atoms with Gasteiger partial charge in [0, 0.05) is 38.8 Å². The Labute approximate surface area is 240 Å². The molecule has 0 aliphatic carbocycles. The molecule has 2 aromatic rings. The van der Waals surface area contributed by atoms with E-state index in [0.717, 1.165) is 24.0 Å². The fraction of sp³-hybridized carbons (Fsp3) is 0.500. The van der Waals surface area contributed by atoms with E-state index in [1.165, 1.54) is 11.1 Å². The molecule has 0 saturated carbocycles. The lowest BCUT2D eigenvalue weighted by Gasteiger charge is -2.22. The number of nitrogens with one attached hydrogen (secondary N) is 4. The second kappa shape index (κ2) is 16.0. The number of benzene rings is 2. The standard InChI is InChI=1S/C32H48N4O4/c1-8-24-9-11-25(12-10-24)15-18-28(34-21-22-36-30(38)40-32(5,6)7)27-16-13-26(14-17-27)23-33-19-20-35-29(37)39-31(2,3)4/h8-14,16-17,28,33-34H,1,15,18-23H2,2-7H3,(H,35,37)(H,36,38). The van der Waals surface area contributed by atoms with Gasteiger partial charge in [0.25, 0.3) is 0 Å². The maximum atomic E-state index is 12.0. The van der Waals surface area contributed by atoms with E-state index < -0.39 is 23.4 Å². The van der Waals surface area contributed by atoms with Crippen LogP contribution in [0.2, 0.25) is 0 Å². The van der Waals surface area contributed by atoms with Crippen molar-refractivity contribution in [1.82, 2.24) is 21.3 Å². The highest BCUT2D eigenvalue weighted by Crippen LogP contribution is 2.21. The third kappa shape index (κ3) is 14.1. The van der Waals surface area contributed by atoms with Crippen LogP contribution in [0, 0.1) is 0 Å². The predicted octanol–water partition coefficient (Wildman–Crippen LogP) is 5.73. The van der Waals surface area contributed by atoms with Crippen molar-refractivity contribution in [2.75, 3.05) is 26.2 Å². The summed E-state index contributed by atoms with van der Waals surface area (Å²) >= 11 is 0. The molecule has 0 bridgehead atoms. The number of carbonyl (C=O) groups is 2. The van der Waals surface area contributed by atoms with Crippen LogP contribution in [0.4, 0.5) is 9.59 Å². The second-order valence-corrected chi connectivity index (χ2v) is 11.8. The highest BCUT2D eigenvalue weighted by Gasteiger charge is 2.17. The van der Waals surface area contributed by atoms with Crippen molar-refractivity contribution in [3.63, 3.8) is 0 Å². The Morgan fingerprint density at radius 2 is 1.30 bits per heavy atom. The molecule has 1 atom stereocenters. The summed E-state index contributed by atoms with van der Waals surface area (Å²) < 4.78 is 10.6. The van der Waals surface area contributed by atoms with Crippen molar-refractivity contribution in [2.45, 2.75) is 78.2 Å². The summed E-state index contributed by atoms with van der Waals surface area (Å²) in [4.78, 5) is 23.7. The van der Waals surface area contributed by atoms with E-state index in [9.17, 15) is 9.59 Å². The minimum Gasteiger partial charge on any atom is -0.444 e. The molecule has 0 aliphatic heterocycles. The molecule has 8 nitrogen and oxygen atoms in total. The molecule has 0 fully saturated rings. The van der Waals surface area contributed by atoms with E-state index in [1.54, 1.807) is 0 Å². The van der Waals surface area contributed by atoms with Crippen LogP contribution in [0.25, 0.3) is 6.08 Å². The monoisotopic (exact) mass is 552 g/mol. The quantitative estimate of drug-likeness (QED) is 0.223. The Hall–Kier alpha value is -3.36. The van der Waals surface area contributed by atoms with Crippen LogP contribution in [0.15, 0.2) is 55.1 Å². The van der Waals surface area contributed by atoms with Crippen molar-refractivity contribution in [2.24, 2.45) is 0 Å². The Bertz CT molecular complexity index is 1050. The minimum atomic E-state index is -0.521. The average molecular weight is 553 g/mol. The highest BCUT2D eigenvalue weighted by atomic mass is 16.6. The van der Waals surface area contributed by atoms with Gasteiger partial charge in [0.2, 0.25) is 0 Å². The summed E-state index contributed by atoms with van der Waals surface area (Å²) in [5.41, 5.74) is 3.70. The van der Waals surface area contributed by atoms with Crippen LogP contribution in [0.3, 0.4) is 0 Å². The van der Waals surface area contributed by atoms with Gasteiger partial charge in [-0.1, -0.05) is 61.2 Å². The van der Waals surface area contributed by atoms with Crippen LogP contribution in [-0.2, 0) is 22.4 Å². The number of carbonyl (C=O) groups excluding carboxylic acids is 2. The first-order valence-corrected chi connectivity index (χ1v) is 14.0. The smallest absolute Gasteiger partial charge is 0.407 e. The van der Waals surface area contributed by atoms with Crippen molar-refractivity contribution in [1.29, 1.82) is 0 Å². The van der Waals surface area contributed by atoms with Gasteiger partial charge >= 0.3 is 12.2 Å². The first-order chi connectivity index (χ1) is 18.8. The zero-order valence-electron chi connectivity index (χ0n) is 25.1. The van der Waals surface area contributed by atoms with Crippen molar-refractivity contribution < 1.29 is 19.1 Å². The molecular formula is C32H48N4O4. The van der Waals surface area contributed by atoms with Gasteiger partial charge in [0.1, 0.15) is 11.2 Å². The van der Waals surface area contributed by atoms with Gasteiger partial charge in [-0.05, 0) is 76.6 Å². The molecule has 2 rings (SSSR count). The van der Waals surface area contributed by atoms with Crippen LogP contribution in [0.5, 0.6) is 0 Å². The van der Waals surface area contributed by atoms with E-state index in [1.807, 2.05) is 47.6 Å². The average Bonchev–Trinajstić information content (AvgIpc) is 2.87. The molecule has 2 aromatic carbocycles. The van der Waals surface area contributed by atoms with Crippen LogP contribution in [0.1, 0.15) is 76.3 Å². The molecular weight excluding hydrogens is 504 g/mol. The Balaban J connectivity index is 1.89. The second-order valence-electron chi connectivity index (χ2n) is 11.8. The molecule has 0 saturated heterocycles. The van der Waals surface area contributed by atoms with E-state index in [2.05, 4.69) is 76.4 Å². The molecule has 0 aromatic heterocycles. The number of rotatable bonds is 14. The molecule has 0 aliphatic rings. The van der Waals surface area contributed by atoms with Gasteiger partial charge in [0.15, 0.2) is 0 Å². The maximum absolute atomic E-state index is 12.0. The third-order valence-electron chi connectivity index (χ3n) is 5.80. The lowest BCUT2D eigenvalue weighted by molar-refractivity contribution is 0.0516. The number of hydrogen-bond donors (Lipinski definition) is 4. The molecule has 40 heavy (non-hydrogen) atoms. The van der Waals surface area contributed by atoms with Gasteiger partial charge in [-0.3, -0.25) is 0 Å². The summed E-state index contributed by atoms with van der Waals surface area (Å²) in [5.74, 6) is 0. The molecule has 0 spiro atoms. The largest absolute Gasteiger partial charge is 0.444 e. The summed E-state index contributed by atoms with van der Waals surface area (Å²) in [6, 6.07) is 17.1. The van der Waals surface area contributed by atoms with Gasteiger partial charge in [-0.15, -0.1) is 0 Å².